The van der Waals surface area contributed by atoms with Crippen molar-refractivity contribution in [3.63, 3.8) is 0 Å². The van der Waals surface area contributed by atoms with E-state index in [1.54, 1.807) is 4.68 Å². The second-order valence-corrected chi connectivity index (χ2v) is 4.26. The molecule has 1 aromatic heterocycles. The zero-order valence-electron chi connectivity index (χ0n) is 9.86. The number of ether oxygens (including phenoxy) is 1. The lowest BCUT2D eigenvalue weighted by Gasteiger charge is -2.10. The minimum Gasteiger partial charge on any atom is -0.373 e. The van der Waals surface area contributed by atoms with Crippen molar-refractivity contribution in [2.45, 2.75) is 33.2 Å². The first-order chi connectivity index (χ1) is 7.57. The quantitative estimate of drug-likeness (QED) is 0.571. The van der Waals surface area contributed by atoms with Gasteiger partial charge in [0.15, 0.2) is 0 Å². The lowest BCUT2D eigenvalue weighted by Crippen LogP contribution is -2.17. The van der Waals surface area contributed by atoms with Crippen LogP contribution in [0.15, 0.2) is 6.20 Å². The van der Waals surface area contributed by atoms with Gasteiger partial charge in [0.25, 0.3) is 0 Å². The molecular weight excluding hydrogens is 228 g/mol. The number of rotatable bonds is 6. The summed E-state index contributed by atoms with van der Waals surface area (Å²) in [6, 6.07) is 0.109. The zero-order chi connectivity index (χ0) is 12.1. The van der Waals surface area contributed by atoms with Crippen LogP contribution in [0, 0.1) is 0 Å². The molecule has 0 N–H and O–H groups in total. The van der Waals surface area contributed by atoms with Crippen LogP contribution in [0.3, 0.4) is 0 Å². The molecule has 0 aliphatic heterocycles. The summed E-state index contributed by atoms with van der Waals surface area (Å²) in [6.45, 7) is 6.54. The number of halogens is 1. The van der Waals surface area contributed by atoms with Gasteiger partial charge in [0.2, 0.25) is 5.78 Å². The second-order valence-electron chi connectivity index (χ2n) is 3.86. The molecule has 0 saturated heterocycles. The van der Waals surface area contributed by atoms with E-state index in [9.17, 15) is 4.79 Å². The van der Waals surface area contributed by atoms with Gasteiger partial charge in [0.05, 0.1) is 11.2 Å². The first-order valence-electron chi connectivity index (χ1n) is 5.41. The summed E-state index contributed by atoms with van der Waals surface area (Å²) in [5.41, 5.74) is 0.438. The average molecular weight is 245 g/mol. The fraction of sp³-hybridized carbons (Fsp3) is 0.636. The molecule has 0 atom stereocenters. The lowest BCUT2D eigenvalue weighted by molar-refractivity contribution is 0.0749. The molecule has 1 heterocycles. The molecule has 0 spiro atoms. The van der Waals surface area contributed by atoms with Crippen molar-refractivity contribution >= 4 is 17.4 Å². The second kappa shape index (κ2) is 6.01. The number of hydrogen-bond acceptors (Lipinski definition) is 3. The van der Waals surface area contributed by atoms with Gasteiger partial charge >= 0.3 is 0 Å². The molecule has 0 unspecified atom stereocenters. The Morgan fingerprint density at radius 1 is 1.62 bits per heavy atom. The molecule has 0 amide bonds. The summed E-state index contributed by atoms with van der Waals surface area (Å²) in [5.74, 6) is -0.121. The Kier molecular flexibility index (Phi) is 4.96. The Hall–Kier alpha value is -0.870. The third kappa shape index (κ3) is 3.06. The normalized spacial score (nSPS) is 11.1. The van der Waals surface area contributed by atoms with E-state index < -0.39 is 0 Å². The van der Waals surface area contributed by atoms with Gasteiger partial charge in [-0.2, -0.15) is 5.10 Å². The minimum atomic E-state index is -0.121. The molecule has 0 fully saturated rings. The first kappa shape index (κ1) is 13.2. The van der Waals surface area contributed by atoms with Crippen LogP contribution >= 0.6 is 11.6 Å². The van der Waals surface area contributed by atoms with Crippen LogP contribution in [-0.4, -0.2) is 28.8 Å². The standard InChI is InChI=1S/C11H17ClN2O2/c1-4-5-16-7-10(15)11-9(12)6-13-14(11)8(2)3/h6,8H,4-5,7H2,1-3H3. The summed E-state index contributed by atoms with van der Waals surface area (Å²) < 4.78 is 6.83. The summed E-state index contributed by atoms with van der Waals surface area (Å²) in [7, 11) is 0. The molecule has 0 aliphatic rings. The largest absolute Gasteiger partial charge is 0.373 e. The summed E-state index contributed by atoms with van der Waals surface area (Å²) in [4.78, 5) is 11.9. The van der Waals surface area contributed by atoms with Crippen LogP contribution < -0.4 is 0 Å². The summed E-state index contributed by atoms with van der Waals surface area (Å²) in [5, 5.41) is 4.46. The molecule has 1 rings (SSSR count). The number of ketones is 1. The number of aromatic nitrogens is 2. The van der Waals surface area contributed by atoms with E-state index in [0.29, 0.717) is 17.3 Å². The number of carbonyl (C=O) groups excluding carboxylic acids is 1. The highest BCUT2D eigenvalue weighted by Crippen LogP contribution is 2.19. The number of carbonyl (C=O) groups is 1. The Labute approximate surface area is 101 Å². The molecule has 0 radical (unpaired) electrons. The highest BCUT2D eigenvalue weighted by atomic mass is 35.5. The first-order valence-corrected chi connectivity index (χ1v) is 5.79. The maximum atomic E-state index is 11.9. The fourth-order valence-corrected chi connectivity index (χ4v) is 1.61. The number of Topliss-reactive ketones (excluding diaryl/α,β-unsaturated/α-hetero) is 1. The molecule has 0 saturated carbocycles. The predicted octanol–water partition coefficient (Wildman–Crippen LogP) is 2.73. The van der Waals surface area contributed by atoms with Crippen molar-refractivity contribution in [3.8, 4) is 0 Å². The van der Waals surface area contributed by atoms with Crippen molar-refractivity contribution in [3.05, 3.63) is 16.9 Å². The minimum absolute atomic E-state index is 0.0615. The van der Waals surface area contributed by atoms with Crippen LogP contribution in [0.1, 0.15) is 43.7 Å². The highest BCUT2D eigenvalue weighted by Gasteiger charge is 2.18. The molecule has 16 heavy (non-hydrogen) atoms. The van der Waals surface area contributed by atoms with Gasteiger partial charge in [-0.1, -0.05) is 18.5 Å². The van der Waals surface area contributed by atoms with Gasteiger partial charge < -0.3 is 4.74 Å². The third-order valence-corrected chi connectivity index (χ3v) is 2.36. The molecule has 5 heteroatoms. The molecular formula is C11H17ClN2O2. The zero-order valence-corrected chi connectivity index (χ0v) is 10.6. The van der Waals surface area contributed by atoms with Gasteiger partial charge in [-0.05, 0) is 20.3 Å². The molecule has 0 aliphatic carbocycles. The molecule has 0 bridgehead atoms. The number of nitrogens with zero attached hydrogens (tertiary/aromatic N) is 2. The van der Waals surface area contributed by atoms with E-state index >= 15 is 0 Å². The van der Waals surface area contributed by atoms with E-state index in [1.165, 1.54) is 6.20 Å². The van der Waals surface area contributed by atoms with Crippen molar-refractivity contribution in [2.75, 3.05) is 13.2 Å². The Balaban J connectivity index is 2.77. The summed E-state index contributed by atoms with van der Waals surface area (Å²) >= 11 is 5.94. The van der Waals surface area contributed by atoms with Crippen molar-refractivity contribution in [2.24, 2.45) is 0 Å². The molecule has 90 valence electrons. The summed E-state index contributed by atoms with van der Waals surface area (Å²) in [6.07, 6.45) is 2.39. The number of hydrogen-bond donors (Lipinski definition) is 0. The van der Waals surface area contributed by atoms with Crippen molar-refractivity contribution in [1.29, 1.82) is 0 Å². The van der Waals surface area contributed by atoms with Gasteiger partial charge in [-0.25, -0.2) is 0 Å². The van der Waals surface area contributed by atoms with Gasteiger partial charge in [-0.15, -0.1) is 0 Å². The van der Waals surface area contributed by atoms with Crippen molar-refractivity contribution < 1.29 is 9.53 Å². The van der Waals surface area contributed by atoms with E-state index in [1.807, 2.05) is 20.8 Å². The van der Waals surface area contributed by atoms with Crippen molar-refractivity contribution in [1.82, 2.24) is 9.78 Å². The van der Waals surface area contributed by atoms with E-state index in [-0.39, 0.29) is 18.4 Å². The maximum Gasteiger partial charge on any atom is 0.207 e. The SMILES string of the molecule is CCCOCC(=O)c1c(Cl)cnn1C(C)C. The van der Waals surface area contributed by atoms with Crippen LogP contribution in [0.5, 0.6) is 0 Å². The predicted molar refractivity (Wildman–Crippen MR) is 63.1 cm³/mol. The Morgan fingerprint density at radius 2 is 2.31 bits per heavy atom. The van der Waals surface area contributed by atoms with Gasteiger partial charge in [0, 0.05) is 12.6 Å². The lowest BCUT2D eigenvalue weighted by atomic mass is 10.2. The molecule has 4 nitrogen and oxygen atoms in total. The van der Waals surface area contributed by atoms with E-state index in [2.05, 4.69) is 5.10 Å². The molecule has 1 aromatic rings. The van der Waals surface area contributed by atoms with Crippen LogP contribution in [0.25, 0.3) is 0 Å². The van der Waals surface area contributed by atoms with E-state index in [0.717, 1.165) is 6.42 Å². The van der Waals surface area contributed by atoms with Crippen LogP contribution in [0.2, 0.25) is 5.02 Å². The smallest absolute Gasteiger partial charge is 0.207 e. The van der Waals surface area contributed by atoms with E-state index in [4.69, 9.17) is 16.3 Å². The topological polar surface area (TPSA) is 44.1 Å². The monoisotopic (exact) mass is 244 g/mol. The van der Waals surface area contributed by atoms with Gasteiger partial charge in [-0.3, -0.25) is 9.48 Å². The maximum absolute atomic E-state index is 11.9. The Morgan fingerprint density at radius 3 is 2.88 bits per heavy atom. The highest BCUT2D eigenvalue weighted by molar-refractivity contribution is 6.33. The Bertz CT molecular complexity index is 361. The fourth-order valence-electron chi connectivity index (χ4n) is 1.37. The van der Waals surface area contributed by atoms with Crippen LogP contribution in [-0.2, 0) is 4.74 Å². The average Bonchev–Trinajstić information content (AvgIpc) is 2.60. The third-order valence-electron chi connectivity index (χ3n) is 2.09. The molecule has 0 aromatic carbocycles. The van der Waals surface area contributed by atoms with Crippen LogP contribution in [0.4, 0.5) is 0 Å². The van der Waals surface area contributed by atoms with Gasteiger partial charge in [0.1, 0.15) is 12.3 Å².